The summed E-state index contributed by atoms with van der Waals surface area (Å²) in [4.78, 5) is 50.7. The second kappa shape index (κ2) is 44.8. The first kappa shape index (κ1) is 62.7. The molecule has 1 heterocycles. The first-order valence-corrected chi connectivity index (χ1v) is 26.2. The van der Waals surface area contributed by atoms with Crippen molar-refractivity contribution in [2.45, 2.75) is 225 Å². The monoisotopic (exact) mass is 967 g/mol. The second-order valence-electron chi connectivity index (χ2n) is 17.4. The lowest BCUT2D eigenvalue weighted by atomic mass is 9.98. The number of carbonyl (C=O) groups excluding carboxylic acids is 3. The maximum absolute atomic E-state index is 13.0. The molecule has 12 nitrogen and oxygen atoms in total. The molecular formula is C57H90O12. The van der Waals surface area contributed by atoms with Gasteiger partial charge in [-0.1, -0.05) is 189 Å². The number of unbranched alkanes of at least 4 members (excludes halogenated alkanes) is 13. The van der Waals surface area contributed by atoms with E-state index in [0.29, 0.717) is 19.3 Å². The van der Waals surface area contributed by atoms with E-state index in [1.165, 1.54) is 32.1 Å². The van der Waals surface area contributed by atoms with Crippen molar-refractivity contribution >= 4 is 23.9 Å². The van der Waals surface area contributed by atoms with Crippen molar-refractivity contribution in [3.05, 3.63) is 97.2 Å². The molecule has 1 aliphatic rings. The van der Waals surface area contributed by atoms with E-state index in [-0.39, 0.29) is 25.9 Å². The molecule has 0 aromatic rings. The summed E-state index contributed by atoms with van der Waals surface area (Å²) in [5.74, 6) is -3.32. The predicted octanol–water partition coefficient (Wildman–Crippen LogP) is 12.6. The predicted molar refractivity (Wildman–Crippen MR) is 275 cm³/mol. The Morgan fingerprint density at radius 1 is 0.507 bits per heavy atom. The first-order valence-electron chi connectivity index (χ1n) is 26.2. The first-order chi connectivity index (χ1) is 33.6. The Morgan fingerprint density at radius 2 is 0.957 bits per heavy atom. The van der Waals surface area contributed by atoms with Crippen molar-refractivity contribution in [3.63, 3.8) is 0 Å². The number of esters is 3. The number of allylic oxidation sites excluding steroid dienone is 15. The minimum absolute atomic E-state index is 0.145. The van der Waals surface area contributed by atoms with Crippen LogP contribution >= 0.6 is 0 Å². The van der Waals surface area contributed by atoms with E-state index in [2.05, 4.69) is 93.7 Å². The Bertz CT molecular complexity index is 1570. The highest BCUT2D eigenvalue weighted by Gasteiger charge is 2.50. The van der Waals surface area contributed by atoms with Crippen LogP contribution in [0.25, 0.3) is 0 Å². The average molecular weight is 967 g/mol. The standard InChI is InChI=1S/C57H90O12/c1-4-7-10-13-16-19-21-23-25-27-29-32-34-37-40-43-49(58)65-46-48(67-50(59)44-41-38-35-31-18-15-12-9-6-3)47-66-57-55(53(62)52(61)54(69-57)56(63)64)68-51(60)45-42-39-36-33-30-28-26-24-22-20-17-14-11-8-5-2/h7-8,10-11,16-17,19-20,23-26,30,33,39,42,48,52-55,57,61-62H,4-6,9,12-15,18,21-22,27-29,31-32,34-38,40-41,43-47H2,1-3H3,(H,63,64)/b10-7-,11-8-,19-16-,20-17-,25-23-,26-24-,33-30-,42-39-. The van der Waals surface area contributed by atoms with Crippen LogP contribution in [0.4, 0.5) is 0 Å². The molecule has 390 valence electrons. The Kier molecular flexibility index (Phi) is 40.7. The fraction of sp³-hybridized carbons (Fsp3) is 0.649. The molecule has 0 radical (unpaired) electrons. The largest absolute Gasteiger partial charge is 0.479 e. The molecule has 1 fully saturated rings. The molecule has 0 aliphatic carbocycles. The van der Waals surface area contributed by atoms with Crippen LogP contribution < -0.4 is 0 Å². The van der Waals surface area contributed by atoms with Crippen molar-refractivity contribution < 1.29 is 58.2 Å². The van der Waals surface area contributed by atoms with E-state index < -0.39 is 67.3 Å². The Morgan fingerprint density at radius 3 is 1.46 bits per heavy atom. The molecule has 1 saturated heterocycles. The van der Waals surface area contributed by atoms with E-state index >= 15 is 0 Å². The number of rotatable bonds is 42. The minimum Gasteiger partial charge on any atom is -0.479 e. The number of hydrogen-bond donors (Lipinski definition) is 3. The van der Waals surface area contributed by atoms with E-state index in [4.69, 9.17) is 23.7 Å². The number of aliphatic hydroxyl groups excluding tert-OH is 2. The maximum atomic E-state index is 13.0. The van der Waals surface area contributed by atoms with Gasteiger partial charge in [0.05, 0.1) is 13.0 Å². The van der Waals surface area contributed by atoms with Gasteiger partial charge in [-0.3, -0.25) is 14.4 Å². The van der Waals surface area contributed by atoms with Crippen LogP contribution in [0.5, 0.6) is 0 Å². The molecule has 6 unspecified atom stereocenters. The summed E-state index contributed by atoms with van der Waals surface area (Å²) in [7, 11) is 0. The van der Waals surface area contributed by atoms with E-state index in [1.54, 1.807) is 12.2 Å². The van der Waals surface area contributed by atoms with Gasteiger partial charge in [-0.25, -0.2) is 4.79 Å². The fourth-order valence-electron chi connectivity index (χ4n) is 7.22. The fourth-order valence-corrected chi connectivity index (χ4v) is 7.22. The van der Waals surface area contributed by atoms with Gasteiger partial charge in [0.25, 0.3) is 0 Å². The van der Waals surface area contributed by atoms with Crippen molar-refractivity contribution in [2.24, 2.45) is 0 Å². The van der Waals surface area contributed by atoms with E-state index in [0.717, 1.165) is 96.3 Å². The van der Waals surface area contributed by atoms with Crippen LogP contribution in [0, 0.1) is 0 Å². The zero-order valence-corrected chi connectivity index (χ0v) is 42.5. The number of carbonyl (C=O) groups is 4. The molecule has 0 aromatic heterocycles. The van der Waals surface area contributed by atoms with Gasteiger partial charge in [0.1, 0.15) is 18.8 Å². The maximum Gasteiger partial charge on any atom is 0.335 e. The number of carboxylic acid groups (broad SMARTS) is 1. The molecule has 12 heteroatoms. The lowest BCUT2D eigenvalue weighted by Gasteiger charge is -2.40. The molecule has 3 N–H and O–H groups in total. The van der Waals surface area contributed by atoms with Crippen molar-refractivity contribution in [3.8, 4) is 0 Å². The van der Waals surface area contributed by atoms with Gasteiger partial charge in [0, 0.05) is 12.8 Å². The lowest BCUT2D eigenvalue weighted by Crippen LogP contribution is -2.61. The average Bonchev–Trinajstić information content (AvgIpc) is 3.33. The summed E-state index contributed by atoms with van der Waals surface area (Å²) in [6.45, 7) is 5.65. The molecular weight excluding hydrogens is 877 g/mol. The minimum atomic E-state index is -1.94. The van der Waals surface area contributed by atoms with Crippen molar-refractivity contribution in [1.82, 2.24) is 0 Å². The number of aliphatic carboxylic acids is 1. The third-order valence-electron chi connectivity index (χ3n) is 11.2. The van der Waals surface area contributed by atoms with Crippen LogP contribution in [-0.4, -0.2) is 89.2 Å². The SMILES string of the molecule is CC/C=C\C/C=C\C/C=C\C/C=C\C/C=C\CC(=O)OC1C(OCC(COC(=O)CCCCCCC/C=C\C/C=C\C/C=C\CC)OC(=O)CCCCCCCCCCC)OC(C(=O)O)C(O)C1O. The summed E-state index contributed by atoms with van der Waals surface area (Å²) >= 11 is 0. The third-order valence-corrected chi connectivity index (χ3v) is 11.2. The summed E-state index contributed by atoms with van der Waals surface area (Å²) in [6, 6.07) is 0. The molecule has 0 saturated carbocycles. The molecule has 6 atom stereocenters. The molecule has 1 rings (SSSR count). The Labute approximate surface area is 415 Å². The number of carboxylic acids is 1. The highest BCUT2D eigenvalue weighted by Crippen LogP contribution is 2.26. The Hall–Kier alpha value is -4.36. The smallest absolute Gasteiger partial charge is 0.335 e. The highest BCUT2D eigenvalue weighted by atomic mass is 16.7. The summed E-state index contributed by atoms with van der Waals surface area (Å²) in [6.07, 6.45) is 45.7. The third kappa shape index (κ3) is 35.4. The quantitative estimate of drug-likeness (QED) is 0.0229. The molecule has 0 amide bonds. The lowest BCUT2D eigenvalue weighted by molar-refractivity contribution is -0.301. The van der Waals surface area contributed by atoms with Gasteiger partial charge >= 0.3 is 23.9 Å². The molecule has 1 aliphatic heterocycles. The van der Waals surface area contributed by atoms with E-state index in [1.807, 2.05) is 12.2 Å². The van der Waals surface area contributed by atoms with Crippen LogP contribution in [0.2, 0.25) is 0 Å². The summed E-state index contributed by atoms with van der Waals surface area (Å²) in [5.41, 5.74) is 0. The summed E-state index contributed by atoms with van der Waals surface area (Å²) in [5, 5.41) is 31.3. The number of ether oxygens (including phenoxy) is 5. The van der Waals surface area contributed by atoms with Gasteiger partial charge < -0.3 is 39.0 Å². The van der Waals surface area contributed by atoms with E-state index in [9.17, 15) is 34.5 Å². The number of aliphatic hydroxyl groups is 2. The van der Waals surface area contributed by atoms with Crippen LogP contribution in [0.1, 0.15) is 188 Å². The van der Waals surface area contributed by atoms with Gasteiger partial charge in [0.2, 0.25) is 0 Å². The van der Waals surface area contributed by atoms with Gasteiger partial charge in [-0.2, -0.15) is 0 Å². The van der Waals surface area contributed by atoms with Crippen LogP contribution in [-0.2, 0) is 42.9 Å². The highest BCUT2D eigenvalue weighted by molar-refractivity contribution is 5.74. The van der Waals surface area contributed by atoms with Crippen molar-refractivity contribution in [2.75, 3.05) is 13.2 Å². The van der Waals surface area contributed by atoms with Gasteiger partial charge in [0.15, 0.2) is 24.6 Å². The molecule has 0 bridgehead atoms. The normalized spacial score (nSPS) is 19.5. The van der Waals surface area contributed by atoms with Crippen LogP contribution in [0.15, 0.2) is 97.2 Å². The van der Waals surface area contributed by atoms with Crippen LogP contribution in [0.3, 0.4) is 0 Å². The zero-order chi connectivity index (χ0) is 50.4. The van der Waals surface area contributed by atoms with Gasteiger partial charge in [-0.05, 0) is 77.0 Å². The Balaban J connectivity index is 2.77. The molecule has 69 heavy (non-hydrogen) atoms. The van der Waals surface area contributed by atoms with Crippen molar-refractivity contribution in [1.29, 1.82) is 0 Å². The second-order valence-corrected chi connectivity index (χ2v) is 17.4. The number of hydrogen-bond acceptors (Lipinski definition) is 11. The summed E-state index contributed by atoms with van der Waals surface area (Å²) < 4.78 is 28.1. The molecule has 0 aromatic carbocycles. The molecule has 0 spiro atoms. The topological polar surface area (TPSA) is 175 Å². The zero-order valence-electron chi connectivity index (χ0n) is 42.5. The van der Waals surface area contributed by atoms with Gasteiger partial charge in [-0.15, -0.1) is 0 Å².